The third-order valence-corrected chi connectivity index (χ3v) is 13.9. The van der Waals surface area contributed by atoms with E-state index in [0.29, 0.717) is 0 Å². The summed E-state index contributed by atoms with van der Waals surface area (Å²) in [6.45, 7) is 5.16. The first-order valence-corrected chi connectivity index (χ1v) is 13.5. The summed E-state index contributed by atoms with van der Waals surface area (Å²) < 4.78 is 0.906. The Hall–Kier alpha value is 0.501. The van der Waals surface area contributed by atoms with E-state index < -0.39 is 8.07 Å². The Bertz CT molecular complexity index is 650. The van der Waals surface area contributed by atoms with Gasteiger partial charge in [0.15, 0.2) is 0 Å². The van der Waals surface area contributed by atoms with Gasteiger partial charge in [-0.3, -0.25) is 0 Å². The Morgan fingerprint density at radius 3 is 2.22 bits per heavy atom. The Balaban J connectivity index is 0.00000121. The molecule has 0 bridgehead atoms. The first-order valence-electron chi connectivity index (χ1n) is 9.78. The summed E-state index contributed by atoms with van der Waals surface area (Å²) in [5.74, 6) is 3.49. The fraction of sp³-hybridized carbons (Fsp3) is 0.545. The summed E-state index contributed by atoms with van der Waals surface area (Å²) in [6.07, 6.45) is 14.2. The number of hydrogen-bond acceptors (Lipinski definition) is 0. The summed E-state index contributed by atoms with van der Waals surface area (Å²) >= 11 is 2.56. The fourth-order valence-corrected chi connectivity index (χ4v) is 12.3. The van der Waals surface area contributed by atoms with Gasteiger partial charge in [0.2, 0.25) is 0 Å². The number of hydrogen-bond donors (Lipinski definition) is 0. The Morgan fingerprint density at radius 1 is 0.963 bits per heavy atom. The molecule has 0 nitrogen and oxygen atoms in total. The third kappa shape index (κ3) is 4.35. The molecule has 0 aliphatic heterocycles. The second-order valence-corrected chi connectivity index (χ2v) is 14.3. The van der Waals surface area contributed by atoms with Crippen LogP contribution < -0.4 is 42.4 Å². The smallest absolute Gasteiger partial charge is 1.00 e. The van der Waals surface area contributed by atoms with Gasteiger partial charge in [0.1, 0.15) is 0 Å². The molecular weight excluding hydrogens is 447 g/mol. The molecule has 0 saturated heterocycles. The molecule has 7 atom stereocenters. The van der Waals surface area contributed by atoms with Gasteiger partial charge in [0.25, 0.3) is 0 Å². The number of fused-ring (bicyclic) bond motifs is 3. The summed E-state index contributed by atoms with van der Waals surface area (Å²) in [4.78, 5) is 0. The van der Waals surface area contributed by atoms with E-state index >= 15 is 0 Å². The van der Waals surface area contributed by atoms with Crippen molar-refractivity contribution in [2.24, 2.45) is 23.7 Å². The second kappa shape index (κ2) is 10.5. The molecule has 4 rings (SSSR count). The van der Waals surface area contributed by atoms with Gasteiger partial charge in [-0.1, -0.05) is 0 Å². The van der Waals surface area contributed by atoms with Gasteiger partial charge in [0, 0.05) is 0 Å². The van der Waals surface area contributed by atoms with Gasteiger partial charge in [-0.25, -0.2) is 0 Å². The van der Waals surface area contributed by atoms with Crippen LogP contribution in [-0.4, -0.2) is 8.07 Å². The van der Waals surface area contributed by atoms with Gasteiger partial charge in [-0.05, 0) is 0 Å². The van der Waals surface area contributed by atoms with Gasteiger partial charge in [0.05, 0.1) is 0 Å². The van der Waals surface area contributed by atoms with Crippen LogP contribution in [0.25, 0.3) is 0 Å². The minimum Gasteiger partial charge on any atom is -1.00 e. The van der Waals surface area contributed by atoms with Crippen LogP contribution in [0.5, 0.6) is 0 Å². The van der Waals surface area contributed by atoms with Crippen molar-refractivity contribution in [2.45, 2.75) is 48.5 Å². The monoisotopic (exact) mass is 474 g/mol. The van der Waals surface area contributed by atoms with Crippen molar-refractivity contribution in [1.82, 2.24) is 0 Å². The van der Waals surface area contributed by atoms with Crippen LogP contribution in [-0.2, 0) is 20.4 Å². The number of rotatable bonds is 3. The average Bonchev–Trinajstić information content (AvgIpc) is 2.98. The normalized spacial score (nSPS) is 35.6. The molecule has 0 N–H and O–H groups in total. The van der Waals surface area contributed by atoms with E-state index in [2.05, 4.69) is 88.5 Å². The second-order valence-electron chi connectivity index (χ2n) is 8.37. The molecular formula is C22H29Cl3SiTi. The number of benzene rings is 1. The van der Waals surface area contributed by atoms with Crippen molar-refractivity contribution >= 4 is 13.3 Å². The van der Waals surface area contributed by atoms with E-state index in [-0.39, 0.29) is 37.2 Å². The van der Waals surface area contributed by atoms with Crippen LogP contribution in [0.2, 0.25) is 22.4 Å². The molecule has 2 fully saturated rings. The molecule has 27 heavy (non-hydrogen) atoms. The molecule has 5 heteroatoms. The molecule has 146 valence electrons. The molecule has 0 heterocycles. The number of allylic oxidation sites excluding steroid dienone is 4. The minimum absolute atomic E-state index is 0. The van der Waals surface area contributed by atoms with Crippen molar-refractivity contribution in [3.8, 4) is 0 Å². The van der Waals surface area contributed by atoms with Crippen LogP contribution in [0.4, 0.5) is 0 Å². The fourth-order valence-electron chi connectivity index (χ4n) is 6.21. The molecule has 0 aromatic heterocycles. The quantitative estimate of drug-likeness (QED) is 0.398. The van der Waals surface area contributed by atoms with Crippen molar-refractivity contribution < 1.29 is 57.7 Å². The minimum atomic E-state index is -1.51. The predicted octanol–water partition coefficient (Wildman–Crippen LogP) is -3.50. The van der Waals surface area contributed by atoms with Crippen LogP contribution >= 0.6 is 0 Å². The van der Waals surface area contributed by atoms with Crippen molar-refractivity contribution in [1.29, 1.82) is 0 Å². The molecule has 7 unspecified atom stereocenters. The standard InChI is InChI=1S/C22H29Si.3ClH.Ti/c1-3-23(2,17-11-5-4-6-12-17)22-20-15-9-7-13-18(20)19-14-8-10-16-21(19)22;;;;/h4-7,9,11-13,15-16,18-22H,3,8,10,14H2,1-2H3;3*1H;/q;;;;+3/p-3. The average molecular weight is 476 g/mol. The summed E-state index contributed by atoms with van der Waals surface area (Å²) in [5, 5.41) is 1.69. The molecule has 1 aromatic rings. The maximum Gasteiger partial charge on any atom is -1.00 e. The van der Waals surface area contributed by atoms with Crippen LogP contribution in [0.15, 0.2) is 54.6 Å². The SMILES string of the molecule is CC[Si](C)(c1ccccc1)C1C2C=CC=CC2C2CCC[CH]([Ti+3])C21.[Cl-].[Cl-].[Cl-]. The van der Waals surface area contributed by atoms with Crippen molar-refractivity contribution in [2.75, 3.05) is 0 Å². The van der Waals surface area contributed by atoms with Gasteiger partial charge >= 0.3 is 161 Å². The summed E-state index contributed by atoms with van der Waals surface area (Å²) in [7, 11) is -1.51. The molecule has 3 aliphatic carbocycles. The van der Waals surface area contributed by atoms with Crippen molar-refractivity contribution in [3.05, 3.63) is 54.6 Å². The molecule has 0 spiro atoms. The van der Waals surface area contributed by atoms with Gasteiger partial charge in [-0.2, -0.15) is 0 Å². The third-order valence-electron chi connectivity index (χ3n) is 7.46. The summed E-state index contributed by atoms with van der Waals surface area (Å²) in [5.41, 5.74) is 0.913. The zero-order valence-electron chi connectivity index (χ0n) is 16.1. The Morgan fingerprint density at radius 2 is 1.59 bits per heavy atom. The largest absolute Gasteiger partial charge is 1.00 e. The van der Waals surface area contributed by atoms with Gasteiger partial charge < -0.3 is 37.2 Å². The first-order chi connectivity index (χ1) is 11.7. The van der Waals surface area contributed by atoms with Crippen molar-refractivity contribution in [3.63, 3.8) is 0 Å². The van der Waals surface area contributed by atoms with E-state index in [1.54, 1.807) is 5.19 Å². The van der Waals surface area contributed by atoms with Gasteiger partial charge in [-0.15, -0.1) is 0 Å². The molecule has 0 radical (unpaired) electrons. The van der Waals surface area contributed by atoms with E-state index in [4.69, 9.17) is 0 Å². The van der Waals surface area contributed by atoms with Crippen LogP contribution in [0, 0.1) is 23.7 Å². The number of halogens is 3. The molecule has 3 aliphatic rings. The first kappa shape index (κ1) is 25.5. The zero-order chi connectivity index (χ0) is 16.7. The van der Waals surface area contributed by atoms with Crippen LogP contribution in [0.1, 0.15) is 26.2 Å². The maximum absolute atomic E-state index is 2.69. The van der Waals surface area contributed by atoms with E-state index in [9.17, 15) is 0 Å². The molecule has 2 saturated carbocycles. The molecule has 1 aromatic carbocycles. The van der Waals surface area contributed by atoms with E-state index in [0.717, 1.165) is 33.4 Å². The zero-order valence-corrected chi connectivity index (χ0v) is 21.0. The van der Waals surface area contributed by atoms with E-state index in [1.807, 2.05) is 0 Å². The van der Waals surface area contributed by atoms with E-state index in [1.165, 1.54) is 25.3 Å². The maximum atomic E-state index is 2.69. The topological polar surface area (TPSA) is 0 Å². The molecule has 0 amide bonds. The summed E-state index contributed by atoms with van der Waals surface area (Å²) in [6, 6.07) is 13.0. The Kier molecular flexibility index (Phi) is 9.94. The Labute approximate surface area is 196 Å². The van der Waals surface area contributed by atoms with Crippen LogP contribution in [0.3, 0.4) is 0 Å². The predicted molar refractivity (Wildman–Crippen MR) is 102 cm³/mol.